The van der Waals surface area contributed by atoms with Gasteiger partial charge in [-0.25, -0.2) is 4.79 Å². The number of aliphatic hydroxyl groups excluding tert-OH is 1. The lowest BCUT2D eigenvalue weighted by molar-refractivity contribution is -0.138. The van der Waals surface area contributed by atoms with Gasteiger partial charge in [0.05, 0.1) is 37.0 Å². The summed E-state index contributed by atoms with van der Waals surface area (Å²) in [5.74, 6) is -2.49. The zero-order valence-corrected chi connectivity index (χ0v) is 16.5. The van der Waals surface area contributed by atoms with Gasteiger partial charge in [0.25, 0.3) is 0 Å². The molecule has 0 saturated heterocycles. The van der Waals surface area contributed by atoms with Gasteiger partial charge in [0.15, 0.2) is 5.78 Å². The number of carbonyl (C=O) groups is 2. The molecule has 3 atom stereocenters. The van der Waals surface area contributed by atoms with E-state index >= 15 is 0 Å². The van der Waals surface area contributed by atoms with Gasteiger partial charge in [0, 0.05) is 35.5 Å². The normalized spacial score (nSPS) is 21.7. The molecule has 0 spiro atoms. The third-order valence-corrected chi connectivity index (χ3v) is 5.74. The van der Waals surface area contributed by atoms with E-state index in [0.29, 0.717) is 5.52 Å². The number of Topliss-reactive ketones (excluding diaryl/α,β-unsaturated/α-hetero) is 1. The molecule has 4 rings (SSSR count). The predicted octanol–water partition coefficient (Wildman–Crippen LogP) is 2.61. The van der Waals surface area contributed by atoms with E-state index < -0.39 is 23.9 Å². The molecule has 0 aliphatic carbocycles. The van der Waals surface area contributed by atoms with Crippen molar-refractivity contribution in [1.82, 2.24) is 9.55 Å². The van der Waals surface area contributed by atoms with Crippen LogP contribution in [-0.4, -0.2) is 46.2 Å². The maximum atomic E-state index is 13.7. The average molecular weight is 394 g/mol. The van der Waals surface area contributed by atoms with Crippen molar-refractivity contribution < 1.29 is 24.2 Å². The van der Waals surface area contributed by atoms with Crippen LogP contribution in [0.4, 0.5) is 0 Å². The number of ketones is 1. The summed E-state index contributed by atoms with van der Waals surface area (Å²) in [6.07, 6.45) is 2.43. The van der Waals surface area contributed by atoms with Gasteiger partial charge >= 0.3 is 5.97 Å². The number of rotatable bonds is 4. The second-order valence-corrected chi connectivity index (χ2v) is 7.23. The number of aryl methyl sites for hydroxylation is 1. The number of para-hydroxylation sites is 1. The number of aromatic nitrogens is 2. The number of pyridine rings is 1. The first-order valence-electron chi connectivity index (χ1n) is 9.40. The van der Waals surface area contributed by atoms with E-state index in [4.69, 9.17) is 9.47 Å². The number of fused-ring (bicyclic) bond motifs is 3. The number of hydrogen-bond donors (Lipinski definition) is 1. The van der Waals surface area contributed by atoms with Gasteiger partial charge in [-0.15, -0.1) is 0 Å². The fraction of sp³-hybridized carbons (Fsp3) is 0.318. The SMILES string of the molecule is COC(=O)C1=CO[C@@H](C)[C@H](CO)[C@@H]1C(=O)c1nccc2c3ccccc3n(C)c12. The van der Waals surface area contributed by atoms with Gasteiger partial charge in [-0.1, -0.05) is 18.2 Å². The smallest absolute Gasteiger partial charge is 0.337 e. The van der Waals surface area contributed by atoms with Crippen LogP contribution in [0.5, 0.6) is 0 Å². The van der Waals surface area contributed by atoms with Gasteiger partial charge in [-0.2, -0.15) is 0 Å². The van der Waals surface area contributed by atoms with Crippen LogP contribution in [0.3, 0.4) is 0 Å². The second kappa shape index (κ2) is 7.33. The molecule has 0 amide bonds. The number of hydrogen-bond acceptors (Lipinski definition) is 6. The number of carbonyl (C=O) groups excluding carboxylic acids is 2. The minimum Gasteiger partial charge on any atom is -0.497 e. The van der Waals surface area contributed by atoms with E-state index in [9.17, 15) is 14.7 Å². The molecule has 0 saturated carbocycles. The Kier molecular flexibility index (Phi) is 4.84. The molecule has 1 aromatic carbocycles. The predicted molar refractivity (Wildman–Crippen MR) is 107 cm³/mol. The second-order valence-electron chi connectivity index (χ2n) is 7.23. The third kappa shape index (κ3) is 2.89. The molecule has 29 heavy (non-hydrogen) atoms. The largest absolute Gasteiger partial charge is 0.497 e. The van der Waals surface area contributed by atoms with E-state index in [0.717, 1.165) is 16.3 Å². The first-order valence-corrected chi connectivity index (χ1v) is 9.40. The highest BCUT2D eigenvalue weighted by molar-refractivity contribution is 6.17. The molecule has 7 heteroatoms. The number of aliphatic hydroxyl groups is 1. The first kappa shape index (κ1) is 19.1. The minimum absolute atomic E-state index is 0.0900. The Morgan fingerprint density at radius 1 is 1.24 bits per heavy atom. The van der Waals surface area contributed by atoms with Crippen LogP contribution in [0.15, 0.2) is 48.4 Å². The van der Waals surface area contributed by atoms with Crippen molar-refractivity contribution >= 4 is 33.6 Å². The maximum Gasteiger partial charge on any atom is 0.337 e. The standard InChI is InChI=1S/C22H22N2O5/c1-12-15(10-25)18(16(11-29-12)22(27)28-3)21(26)19-20-14(8-9-23-19)13-6-4-5-7-17(13)24(20)2/h4-9,11-12,15,18,25H,10H2,1-3H3/t12-,15-,18-/m0/s1. The van der Waals surface area contributed by atoms with E-state index in [1.54, 1.807) is 13.1 Å². The van der Waals surface area contributed by atoms with Crippen molar-refractivity contribution in [3.05, 3.63) is 54.1 Å². The highest BCUT2D eigenvalue weighted by Gasteiger charge is 2.43. The number of ether oxygens (including phenoxy) is 2. The van der Waals surface area contributed by atoms with Gasteiger partial charge in [0.1, 0.15) is 11.8 Å². The molecular weight excluding hydrogens is 372 g/mol. The summed E-state index contributed by atoms with van der Waals surface area (Å²) in [6, 6.07) is 9.75. The monoisotopic (exact) mass is 394 g/mol. The maximum absolute atomic E-state index is 13.7. The molecule has 150 valence electrons. The summed E-state index contributed by atoms with van der Waals surface area (Å²) in [5, 5.41) is 11.9. The Morgan fingerprint density at radius 2 is 2.00 bits per heavy atom. The molecule has 0 bridgehead atoms. The summed E-state index contributed by atoms with van der Waals surface area (Å²) in [7, 11) is 3.13. The molecule has 0 fully saturated rings. The van der Waals surface area contributed by atoms with Crippen LogP contribution in [0.1, 0.15) is 17.4 Å². The Hall–Kier alpha value is -3.19. The Morgan fingerprint density at radius 3 is 2.72 bits per heavy atom. The Labute approximate surface area is 167 Å². The average Bonchev–Trinajstić information content (AvgIpc) is 3.05. The molecular formula is C22H22N2O5. The Balaban J connectivity index is 1.93. The lowest BCUT2D eigenvalue weighted by Gasteiger charge is -2.33. The van der Waals surface area contributed by atoms with Gasteiger partial charge < -0.3 is 19.1 Å². The van der Waals surface area contributed by atoms with Crippen molar-refractivity contribution in [2.24, 2.45) is 18.9 Å². The van der Waals surface area contributed by atoms with Crippen LogP contribution in [0.25, 0.3) is 21.8 Å². The number of esters is 1. The topological polar surface area (TPSA) is 90.7 Å². The van der Waals surface area contributed by atoms with Gasteiger partial charge in [-0.3, -0.25) is 9.78 Å². The molecule has 3 aromatic rings. The number of benzene rings is 1. The molecule has 0 radical (unpaired) electrons. The molecule has 7 nitrogen and oxygen atoms in total. The third-order valence-electron chi connectivity index (χ3n) is 5.74. The lowest BCUT2D eigenvalue weighted by Crippen LogP contribution is -2.41. The van der Waals surface area contributed by atoms with Gasteiger partial charge in [0.2, 0.25) is 0 Å². The minimum atomic E-state index is -0.910. The fourth-order valence-corrected chi connectivity index (χ4v) is 4.19. The quantitative estimate of drug-likeness (QED) is 0.540. The van der Waals surface area contributed by atoms with Crippen LogP contribution in [0.2, 0.25) is 0 Å². The number of nitrogens with zero attached hydrogens (tertiary/aromatic N) is 2. The summed E-state index contributed by atoms with van der Waals surface area (Å²) in [5.41, 5.74) is 2.02. The van der Waals surface area contributed by atoms with Crippen molar-refractivity contribution in [2.75, 3.05) is 13.7 Å². The van der Waals surface area contributed by atoms with E-state index in [2.05, 4.69) is 4.98 Å². The summed E-state index contributed by atoms with van der Waals surface area (Å²) in [6.45, 7) is 1.45. The van der Waals surface area contributed by atoms with E-state index in [-0.39, 0.29) is 23.7 Å². The summed E-state index contributed by atoms with van der Waals surface area (Å²) < 4.78 is 12.3. The van der Waals surface area contributed by atoms with Crippen LogP contribution in [-0.2, 0) is 21.3 Å². The molecule has 2 aromatic heterocycles. The van der Waals surface area contributed by atoms with Crippen molar-refractivity contribution in [2.45, 2.75) is 13.0 Å². The molecule has 3 heterocycles. The Bertz CT molecular complexity index is 1150. The summed E-state index contributed by atoms with van der Waals surface area (Å²) in [4.78, 5) is 30.4. The van der Waals surface area contributed by atoms with Crippen molar-refractivity contribution in [3.8, 4) is 0 Å². The highest BCUT2D eigenvalue weighted by Crippen LogP contribution is 2.36. The van der Waals surface area contributed by atoms with Crippen molar-refractivity contribution in [3.63, 3.8) is 0 Å². The molecule has 1 N–H and O–H groups in total. The van der Waals surface area contributed by atoms with Crippen LogP contribution < -0.4 is 0 Å². The molecule has 0 unspecified atom stereocenters. The zero-order valence-electron chi connectivity index (χ0n) is 16.5. The fourth-order valence-electron chi connectivity index (χ4n) is 4.19. The van der Waals surface area contributed by atoms with Crippen LogP contribution in [0, 0.1) is 11.8 Å². The zero-order chi connectivity index (χ0) is 20.7. The molecule has 1 aliphatic rings. The lowest BCUT2D eigenvalue weighted by atomic mass is 9.78. The molecule has 1 aliphatic heterocycles. The van der Waals surface area contributed by atoms with E-state index in [1.807, 2.05) is 41.9 Å². The number of methoxy groups -OCH3 is 1. The first-order chi connectivity index (χ1) is 14.0. The van der Waals surface area contributed by atoms with Gasteiger partial charge in [-0.05, 0) is 19.1 Å². The van der Waals surface area contributed by atoms with Crippen LogP contribution >= 0.6 is 0 Å². The van der Waals surface area contributed by atoms with Crippen molar-refractivity contribution in [1.29, 1.82) is 0 Å². The summed E-state index contributed by atoms with van der Waals surface area (Å²) >= 11 is 0. The van der Waals surface area contributed by atoms with E-state index in [1.165, 1.54) is 13.4 Å². The highest BCUT2D eigenvalue weighted by atomic mass is 16.5.